The Kier molecular flexibility index (Phi) is 7.78. The van der Waals surface area contributed by atoms with Crippen molar-refractivity contribution in [1.82, 2.24) is 15.0 Å². The molecule has 3 heterocycles. The summed E-state index contributed by atoms with van der Waals surface area (Å²) in [5, 5.41) is 10.2. The minimum atomic E-state index is -4.96. The standard InChI is InChI=1S/C32H25F3N4O4/c1-4-42-31(41)27-15-21-13-23(11-12-26(21)38-27)43-22-9-7-19(8-10-22)29-24(14-20-6-5-17(2)37-18(20)3)28(32(33,34)35)25(16-36)30(40)39-29/h5-13,15,38H,4,14H2,1-3H3,(H,39,40). The molecule has 5 rings (SSSR count). The van der Waals surface area contributed by atoms with E-state index >= 15 is 0 Å². The number of benzene rings is 2. The number of nitrogens with one attached hydrogen (secondary N) is 2. The predicted molar refractivity (Wildman–Crippen MR) is 153 cm³/mol. The topological polar surface area (TPSA) is 121 Å². The number of halogens is 3. The van der Waals surface area contributed by atoms with E-state index in [2.05, 4.69) is 15.0 Å². The van der Waals surface area contributed by atoms with E-state index in [1.54, 1.807) is 69.3 Å². The zero-order valence-electron chi connectivity index (χ0n) is 23.3. The molecule has 0 atom stereocenters. The van der Waals surface area contributed by atoms with Crippen LogP contribution >= 0.6 is 0 Å². The fourth-order valence-electron chi connectivity index (χ4n) is 4.90. The fourth-order valence-corrected chi connectivity index (χ4v) is 4.90. The van der Waals surface area contributed by atoms with Gasteiger partial charge < -0.3 is 19.4 Å². The molecule has 0 saturated heterocycles. The van der Waals surface area contributed by atoms with Gasteiger partial charge in [-0.05, 0) is 92.1 Å². The van der Waals surface area contributed by atoms with E-state index in [-0.39, 0.29) is 24.3 Å². The average Bonchev–Trinajstić information content (AvgIpc) is 3.38. The van der Waals surface area contributed by atoms with Gasteiger partial charge in [-0.2, -0.15) is 18.4 Å². The van der Waals surface area contributed by atoms with E-state index in [9.17, 15) is 28.0 Å². The maximum atomic E-state index is 14.4. The molecule has 5 aromatic rings. The number of hydrogen-bond acceptors (Lipinski definition) is 6. The number of nitriles is 1. The van der Waals surface area contributed by atoms with Crippen molar-refractivity contribution in [2.45, 2.75) is 33.4 Å². The lowest BCUT2D eigenvalue weighted by Gasteiger charge is -2.19. The first-order chi connectivity index (χ1) is 20.5. The zero-order valence-corrected chi connectivity index (χ0v) is 23.3. The van der Waals surface area contributed by atoms with Crippen LogP contribution in [0.15, 0.2) is 65.5 Å². The number of alkyl halides is 3. The fraction of sp³-hybridized carbons (Fsp3) is 0.188. The molecular weight excluding hydrogens is 561 g/mol. The first-order valence-electron chi connectivity index (χ1n) is 13.3. The Morgan fingerprint density at radius 2 is 1.72 bits per heavy atom. The molecule has 0 amide bonds. The Balaban J connectivity index is 1.52. The largest absolute Gasteiger partial charge is 0.461 e. The summed E-state index contributed by atoms with van der Waals surface area (Å²) in [4.78, 5) is 34.6. The second kappa shape index (κ2) is 11.5. The molecule has 3 aromatic heterocycles. The lowest BCUT2D eigenvalue weighted by Crippen LogP contribution is -2.23. The van der Waals surface area contributed by atoms with Gasteiger partial charge in [0, 0.05) is 28.7 Å². The Hall–Kier alpha value is -5.37. The van der Waals surface area contributed by atoms with E-state index in [1.807, 2.05) is 0 Å². The van der Waals surface area contributed by atoms with Crippen LogP contribution in [-0.2, 0) is 17.3 Å². The smallest absolute Gasteiger partial charge is 0.418 e. The molecule has 0 spiro atoms. The summed E-state index contributed by atoms with van der Waals surface area (Å²) in [5.41, 5.74) is -0.580. The summed E-state index contributed by atoms with van der Waals surface area (Å²) in [6, 6.07) is 17.8. The van der Waals surface area contributed by atoms with Crippen LogP contribution in [0.1, 0.15) is 51.1 Å². The maximum Gasteiger partial charge on any atom is 0.418 e. The lowest BCUT2D eigenvalue weighted by atomic mass is 9.91. The molecule has 0 aliphatic rings. The first-order valence-corrected chi connectivity index (χ1v) is 13.3. The van der Waals surface area contributed by atoms with Gasteiger partial charge in [0.25, 0.3) is 5.56 Å². The number of rotatable bonds is 7. The summed E-state index contributed by atoms with van der Waals surface area (Å²) in [6.07, 6.45) is -5.17. The van der Waals surface area contributed by atoms with Gasteiger partial charge in [-0.15, -0.1) is 0 Å². The summed E-state index contributed by atoms with van der Waals surface area (Å²) < 4.78 is 54.1. The molecular formula is C32H25F3N4O4. The average molecular weight is 587 g/mol. The van der Waals surface area contributed by atoms with Crippen molar-refractivity contribution in [2.24, 2.45) is 0 Å². The number of ether oxygens (including phenoxy) is 2. The number of aryl methyl sites for hydroxylation is 2. The molecule has 0 bridgehead atoms. The zero-order chi connectivity index (χ0) is 30.9. The van der Waals surface area contributed by atoms with E-state index in [4.69, 9.17) is 9.47 Å². The normalized spacial score (nSPS) is 11.4. The number of H-pyrrole nitrogens is 2. The predicted octanol–water partition coefficient (Wildman–Crippen LogP) is 6.99. The van der Waals surface area contributed by atoms with Crippen LogP contribution in [0.25, 0.3) is 22.2 Å². The highest BCUT2D eigenvalue weighted by atomic mass is 19.4. The van der Waals surface area contributed by atoms with Crippen molar-refractivity contribution in [2.75, 3.05) is 6.61 Å². The highest BCUT2D eigenvalue weighted by Crippen LogP contribution is 2.39. The summed E-state index contributed by atoms with van der Waals surface area (Å²) >= 11 is 0. The Morgan fingerprint density at radius 3 is 2.37 bits per heavy atom. The van der Waals surface area contributed by atoms with Gasteiger partial charge in [0.2, 0.25) is 0 Å². The monoisotopic (exact) mass is 586 g/mol. The van der Waals surface area contributed by atoms with Gasteiger partial charge in [0.05, 0.1) is 17.9 Å². The molecule has 2 aromatic carbocycles. The lowest BCUT2D eigenvalue weighted by molar-refractivity contribution is -0.138. The molecule has 8 nitrogen and oxygen atoms in total. The number of aromatic nitrogens is 3. The van der Waals surface area contributed by atoms with Crippen molar-refractivity contribution >= 4 is 16.9 Å². The number of hydrogen-bond donors (Lipinski definition) is 2. The summed E-state index contributed by atoms with van der Waals surface area (Å²) in [7, 11) is 0. The van der Waals surface area contributed by atoms with Crippen molar-refractivity contribution in [1.29, 1.82) is 5.26 Å². The van der Waals surface area contributed by atoms with Crippen molar-refractivity contribution < 1.29 is 27.4 Å². The number of carbonyl (C=O) groups excluding carboxylic acids is 1. The van der Waals surface area contributed by atoms with Gasteiger partial charge in [-0.25, -0.2) is 4.79 Å². The second-order valence-electron chi connectivity index (χ2n) is 9.82. The van der Waals surface area contributed by atoms with Gasteiger partial charge >= 0.3 is 12.1 Å². The van der Waals surface area contributed by atoms with Crippen LogP contribution in [0.5, 0.6) is 11.5 Å². The van der Waals surface area contributed by atoms with E-state index in [1.165, 1.54) is 18.2 Å². The van der Waals surface area contributed by atoms with E-state index < -0.39 is 28.8 Å². The first kappa shape index (κ1) is 29.1. The minimum absolute atomic E-state index is 0.0527. The molecule has 43 heavy (non-hydrogen) atoms. The minimum Gasteiger partial charge on any atom is -0.461 e. The van der Waals surface area contributed by atoms with Crippen LogP contribution in [0.3, 0.4) is 0 Å². The third-order valence-corrected chi connectivity index (χ3v) is 6.88. The quantitative estimate of drug-likeness (QED) is 0.198. The van der Waals surface area contributed by atoms with Crippen LogP contribution in [0.2, 0.25) is 0 Å². The third-order valence-electron chi connectivity index (χ3n) is 6.88. The molecule has 2 N–H and O–H groups in total. The number of aromatic amines is 2. The maximum absolute atomic E-state index is 14.4. The van der Waals surface area contributed by atoms with E-state index in [0.29, 0.717) is 45.2 Å². The molecule has 0 radical (unpaired) electrons. The van der Waals surface area contributed by atoms with Crippen LogP contribution in [-0.4, -0.2) is 27.5 Å². The molecule has 0 fully saturated rings. The van der Waals surface area contributed by atoms with E-state index in [0.717, 1.165) is 5.39 Å². The van der Waals surface area contributed by atoms with Crippen LogP contribution in [0.4, 0.5) is 13.2 Å². The van der Waals surface area contributed by atoms with Crippen LogP contribution in [0, 0.1) is 25.2 Å². The Bertz CT molecular complexity index is 1950. The van der Waals surface area contributed by atoms with Gasteiger partial charge in [-0.3, -0.25) is 9.78 Å². The number of esters is 1. The second-order valence-corrected chi connectivity index (χ2v) is 9.82. The number of fused-ring (bicyclic) bond motifs is 1. The molecule has 0 aliphatic carbocycles. The van der Waals surface area contributed by atoms with Crippen molar-refractivity contribution in [3.63, 3.8) is 0 Å². The van der Waals surface area contributed by atoms with Crippen molar-refractivity contribution in [3.05, 3.63) is 110 Å². The van der Waals surface area contributed by atoms with Gasteiger partial charge in [0.1, 0.15) is 28.8 Å². The Labute approximate surface area is 243 Å². The van der Waals surface area contributed by atoms with Crippen molar-refractivity contribution in [3.8, 4) is 28.8 Å². The number of nitrogens with zero attached hydrogens (tertiary/aromatic N) is 2. The third kappa shape index (κ3) is 5.99. The summed E-state index contributed by atoms with van der Waals surface area (Å²) in [6.45, 7) is 5.44. The highest BCUT2D eigenvalue weighted by molar-refractivity contribution is 5.95. The molecule has 0 saturated carbocycles. The molecule has 0 aliphatic heterocycles. The molecule has 218 valence electrons. The number of carbonyl (C=O) groups is 1. The van der Waals surface area contributed by atoms with Crippen LogP contribution < -0.4 is 10.3 Å². The SMILES string of the molecule is CCOC(=O)c1cc2cc(Oc3ccc(-c4[nH]c(=O)c(C#N)c(C(F)(F)F)c4Cc4ccc(C)nc4C)cc3)ccc2[nH]1. The summed E-state index contributed by atoms with van der Waals surface area (Å²) in [5.74, 6) is 0.375. The number of pyridine rings is 2. The Morgan fingerprint density at radius 1 is 1.00 bits per heavy atom. The van der Waals surface area contributed by atoms with Gasteiger partial charge in [0.15, 0.2) is 0 Å². The molecule has 0 unspecified atom stereocenters. The molecule has 11 heteroatoms. The highest BCUT2D eigenvalue weighted by Gasteiger charge is 2.39. The van der Waals surface area contributed by atoms with Gasteiger partial charge in [-0.1, -0.05) is 6.07 Å².